The molecule has 0 unspecified atom stereocenters. The summed E-state index contributed by atoms with van der Waals surface area (Å²) in [5.74, 6) is 0. The van der Waals surface area contributed by atoms with Crippen molar-refractivity contribution in [3.63, 3.8) is 0 Å². The third-order valence-corrected chi connectivity index (χ3v) is 4.53. The second-order valence-corrected chi connectivity index (χ2v) is 6.55. The highest BCUT2D eigenvalue weighted by Gasteiger charge is 2.13. The lowest BCUT2D eigenvalue weighted by Gasteiger charge is -2.00. The van der Waals surface area contributed by atoms with Gasteiger partial charge in [-0.3, -0.25) is 5.43 Å². The highest BCUT2D eigenvalue weighted by atomic mass is 35.5. The van der Waals surface area contributed by atoms with Crippen molar-refractivity contribution in [2.24, 2.45) is 15.3 Å². The Balaban J connectivity index is 1.79. The monoisotopic (exact) mass is 380 g/mol. The van der Waals surface area contributed by atoms with E-state index in [2.05, 4.69) is 31.8 Å². The van der Waals surface area contributed by atoms with Crippen molar-refractivity contribution in [2.45, 2.75) is 6.92 Å². The molecule has 3 rings (SSSR count). The molecule has 0 amide bonds. The van der Waals surface area contributed by atoms with Crippen LogP contribution in [0.3, 0.4) is 0 Å². The maximum Gasteiger partial charge on any atom is 0.196 e. The Labute approximate surface area is 159 Å². The Morgan fingerprint density at radius 2 is 1.85 bits per heavy atom. The molecule has 8 heteroatoms. The van der Waals surface area contributed by atoms with Crippen LogP contribution in [0.2, 0.25) is 5.02 Å². The quantitative estimate of drug-likeness (QED) is 0.341. The van der Waals surface area contributed by atoms with E-state index in [9.17, 15) is 5.26 Å². The summed E-state index contributed by atoms with van der Waals surface area (Å²) >= 11 is 7.11. The summed E-state index contributed by atoms with van der Waals surface area (Å²) in [4.78, 5) is 4.37. The second-order valence-electron chi connectivity index (χ2n) is 5.14. The summed E-state index contributed by atoms with van der Waals surface area (Å²) in [6.07, 6.45) is 0. The van der Waals surface area contributed by atoms with E-state index in [0.29, 0.717) is 20.7 Å². The fraction of sp³-hybridized carbons (Fsp3) is 0.0556. The molecule has 0 saturated heterocycles. The first kappa shape index (κ1) is 17.7. The summed E-state index contributed by atoms with van der Waals surface area (Å²) < 4.78 is 0. The predicted octanol–water partition coefficient (Wildman–Crippen LogP) is 5.86. The normalized spacial score (nSPS) is 11.5. The van der Waals surface area contributed by atoms with Crippen molar-refractivity contribution in [2.75, 3.05) is 5.43 Å². The topological polar surface area (TPSA) is 85.8 Å². The molecule has 1 aromatic heterocycles. The molecule has 0 aliphatic carbocycles. The number of rotatable bonds is 5. The number of halogens is 1. The standard InChI is InChI=1S/C18H13ClN6S/c1-12-17(25-23-14-5-3-2-4-6-14)26-18(21-12)16(11-20)24-22-15-9-7-13(19)8-10-15/h2-10,22H,1H3/b24-16+,25-23?. The van der Waals surface area contributed by atoms with Crippen molar-refractivity contribution in [1.82, 2.24) is 4.98 Å². The highest BCUT2D eigenvalue weighted by molar-refractivity contribution is 7.17. The Morgan fingerprint density at radius 1 is 1.12 bits per heavy atom. The van der Waals surface area contributed by atoms with Gasteiger partial charge in [0.05, 0.1) is 17.1 Å². The van der Waals surface area contributed by atoms with Crippen LogP contribution < -0.4 is 5.43 Å². The van der Waals surface area contributed by atoms with Gasteiger partial charge in [-0.05, 0) is 43.3 Å². The van der Waals surface area contributed by atoms with E-state index in [4.69, 9.17) is 11.6 Å². The van der Waals surface area contributed by atoms with Crippen molar-refractivity contribution in [1.29, 1.82) is 5.26 Å². The van der Waals surface area contributed by atoms with Crippen LogP contribution >= 0.6 is 22.9 Å². The number of nitriles is 1. The lowest BCUT2D eigenvalue weighted by Crippen LogP contribution is -2.01. The first-order chi connectivity index (χ1) is 12.7. The second kappa shape index (κ2) is 8.34. The van der Waals surface area contributed by atoms with Crippen molar-refractivity contribution in [3.8, 4) is 6.07 Å². The number of nitrogens with one attached hydrogen (secondary N) is 1. The molecule has 3 aromatic rings. The van der Waals surface area contributed by atoms with Crippen LogP contribution in [0.25, 0.3) is 0 Å². The minimum Gasteiger partial charge on any atom is -0.277 e. The molecule has 0 bridgehead atoms. The van der Waals surface area contributed by atoms with Gasteiger partial charge in [-0.1, -0.05) is 41.1 Å². The van der Waals surface area contributed by atoms with E-state index in [0.717, 1.165) is 11.4 Å². The van der Waals surface area contributed by atoms with Gasteiger partial charge in [0, 0.05) is 5.02 Å². The summed E-state index contributed by atoms with van der Waals surface area (Å²) in [7, 11) is 0. The number of hydrazone groups is 1. The van der Waals surface area contributed by atoms with Gasteiger partial charge in [0.2, 0.25) is 0 Å². The van der Waals surface area contributed by atoms with Gasteiger partial charge in [0.15, 0.2) is 15.7 Å². The van der Waals surface area contributed by atoms with E-state index in [1.54, 1.807) is 24.3 Å². The summed E-state index contributed by atoms with van der Waals surface area (Å²) in [5, 5.41) is 23.7. The van der Waals surface area contributed by atoms with Crippen LogP contribution in [0.4, 0.5) is 16.4 Å². The molecule has 6 nitrogen and oxygen atoms in total. The first-order valence-electron chi connectivity index (χ1n) is 7.59. The van der Waals surface area contributed by atoms with Crippen LogP contribution in [-0.2, 0) is 0 Å². The zero-order valence-corrected chi connectivity index (χ0v) is 15.3. The molecule has 0 aliphatic heterocycles. The van der Waals surface area contributed by atoms with E-state index in [-0.39, 0.29) is 5.71 Å². The Bertz CT molecular complexity index is 987. The average Bonchev–Trinajstić information content (AvgIpc) is 3.03. The van der Waals surface area contributed by atoms with Crippen molar-refractivity contribution < 1.29 is 0 Å². The van der Waals surface area contributed by atoms with E-state index in [1.165, 1.54) is 11.3 Å². The van der Waals surface area contributed by atoms with Crippen molar-refractivity contribution in [3.05, 3.63) is 70.3 Å². The van der Waals surface area contributed by atoms with Gasteiger partial charge in [0.25, 0.3) is 0 Å². The fourth-order valence-electron chi connectivity index (χ4n) is 1.95. The smallest absolute Gasteiger partial charge is 0.196 e. The molecular formula is C18H13ClN6S. The number of azo groups is 1. The van der Waals surface area contributed by atoms with Crippen LogP contribution in [0, 0.1) is 18.3 Å². The minimum absolute atomic E-state index is 0.175. The number of nitrogens with zero attached hydrogens (tertiary/aromatic N) is 5. The molecule has 0 spiro atoms. The number of benzene rings is 2. The Morgan fingerprint density at radius 3 is 2.54 bits per heavy atom. The molecule has 128 valence electrons. The Hall–Kier alpha value is -3.08. The number of aromatic nitrogens is 1. The molecule has 0 radical (unpaired) electrons. The zero-order chi connectivity index (χ0) is 18.4. The van der Waals surface area contributed by atoms with E-state index >= 15 is 0 Å². The molecule has 0 fully saturated rings. The molecule has 0 atom stereocenters. The van der Waals surface area contributed by atoms with Gasteiger partial charge >= 0.3 is 0 Å². The molecule has 26 heavy (non-hydrogen) atoms. The third-order valence-electron chi connectivity index (χ3n) is 3.23. The fourth-order valence-corrected chi connectivity index (χ4v) is 2.90. The SMILES string of the molecule is Cc1nc(/C(C#N)=N/Nc2ccc(Cl)cc2)sc1N=Nc1ccccc1. The highest BCUT2D eigenvalue weighted by Crippen LogP contribution is 2.29. The van der Waals surface area contributed by atoms with Crippen LogP contribution in [0.5, 0.6) is 0 Å². The van der Waals surface area contributed by atoms with Crippen LogP contribution in [-0.4, -0.2) is 10.7 Å². The minimum atomic E-state index is 0.175. The van der Waals surface area contributed by atoms with Gasteiger partial charge in [-0.25, -0.2) is 4.98 Å². The third kappa shape index (κ3) is 4.51. The molecule has 2 aromatic carbocycles. The zero-order valence-electron chi connectivity index (χ0n) is 13.7. The molecular weight excluding hydrogens is 368 g/mol. The van der Waals surface area contributed by atoms with Gasteiger partial charge in [0.1, 0.15) is 6.07 Å². The maximum absolute atomic E-state index is 9.38. The van der Waals surface area contributed by atoms with Gasteiger partial charge < -0.3 is 0 Å². The number of thiazole rings is 1. The Kier molecular flexibility index (Phi) is 5.69. The van der Waals surface area contributed by atoms with Crippen LogP contribution in [0.1, 0.15) is 10.7 Å². The predicted molar refractivity (Wildman–Crippen MR) is 105 cm³/mol. The lowest BCUT2D eigenvalue weighted by atomic mass is 10.3. The first-order valence-corrected chi connectivity index (χ1v) is 8.79. The summed E-state index contributed by atoms with van der Waals surface area (Å²) in [6, 6.07) is 18.5. The molecule has 1 heterocycles. The molecule has 1 N–H and O–H groups in total. The number of aryl methyl sites for hydroxylation is 1. The summed E-state index contributed by atoms with van der Waals surface area (Å²) in [6.45, 7) is 1.82. The number of hydrogen-bond donors (Lipinski definition) is 1. The van der Waals surface area contributed by atoms with Gasteiger partial charge in [-0.2, -0.15) is 10.4 Å². The average molecular weight is 381 g/mol. The molecule has 0 aliphatic rings. The number of anilines is 1. The van der Waals surface area contributed by atoms with Crippen molar-refractivity contribution >= 4 is 45.0 Å². The van der Waals surface area contributed by atoms with Crippen LogP contribution in [0.15, 0.2) is 69.9 Å². The molecule has 0 saturated carbocycles. The van der Waals surface area contributed by atoms with E-state index < -0.39 is 0 Å². The maximum atomic E-state index is 9.38. The number of hydrogen-bond acceptors (Lipinski definition) is 7. The largest absolute Gasteiger partial charge is 0.277 e. The van der Waals surface area contributed by atoms with Gasteiger partial charge in [-0.15, -0.1) is 10.2 Å². The lowest BCUT2D eigenvalue weighted by molar-refractivity contribution is 1.18. The summed E-state index contributed by atoms with van der Waals surface area (Å²) in [5.41, 5.74) is 5.17. The van der Waals surface area contributed by atoms with E-state index in [1.807, 2.05) is 37.3 Å².